The molecule has 4 aliphatic rings. The van der Waals surface area contributed by atoms with Gasteiger partial charge in [0.2, 0.25) is 0 Å². The molecule has 2 aromatic carbocycles. The molecule has 0 saturated heterocycles. The maximum absolute atomic E-state index is 13.0. The zero-order chi connectivity index (χ0) is 26.2. The van der Waals surface area contributed by atoms with E-state index in [1.54, 1.807) is 27.7 Å². The third-order valence-corrected chi connectivity index (χ3v) is 6.00. The van der Waals surface area contributed by atoms with E-state index in [0.717, 1.165) is 0 Å². The summed E-state index contributed by atoms with van der Waals surface area (Å²) in [6, 6.07) is 7.26. The second-order valence-corrected chi connectivity index (χ2v) is 8.15. The number of esters is 4. The maximum Gasteiger partial charge on any atom is 0.339 e. The van der Waals surface area contributed by atoms with E-state index in [1.807, 2.05) is 24.3 Å². The van der Waals surface area contributed by atoms with Gasteiger partial charge >= 0.3 is 23.9 Å². The number of ether oxygens (including phenoxy) is 4. The number of rotatable bonds is 8. The fourth-order valence-electron chi connectivity index (χ4n) is 4.50. The van der Waals surface area contributed by atoms with E-state index >= 15 is 0 Å². The largest absolute Gasteiger partial charge is 0.462 e. The molecular formula is C28H32O8. The average Bonchev–Trinajstić information content (AvgIpc) is 2.84. The molecule has 6 rings (SSSR count). The fourth-order valence-corrected chi connectivity index (χ4v) is 4.50. The van der Waals surface area contributed by atoms with Crippen molar-refractivity contribution in [1.29, 1.82) is 0 Å². The van der Waals surface area contributed by atoms with E-state index in [2.05, 4.69) is 0 Å². The summed E-state index contributed by atoms with van der Waals surface area (Å²) in [7, 11) is 0. The van der Waals surface area contributed by atoms with Crippen LogP contribution in [-0.2, 0) is 44.6 Å². The molecule has 192 valence electrons. The molecule has 36 heavy (non-hydrogen) atoms. The standard InChI is InChI=1S/C28H32O8/c1-5-33-25(29)21-17-9-10-18(22(21)26(30)34-6-2)15-16-20-12-11-19(14-13-17)23(27(31)35-7-3)24(20)28(32)36-8-4/h9-12H,5-8,13-16H2,1-4H3. The minimum Gasteiger partial charge on any atom is -0.462 e. The number of benzene rings is 2. The van der Waals surface area contributed by atoms with Crippen LogP contribution in [0, 0.1) is 0 Å². The third-order valence-electron chi connectivity index (χ3n) is 6.00. The van der Waals surface area contributed by atoms with E-state index < -0.39 is 23.9 Å². The molecule has 4 bridgehead atoms. The Hall–Kier alpha value is -3.68. The summed E-state index contributed by atoms with van der Waals surface area (Å²) in [5, 5.41) is 0. The van der Waals surface area contributed by atoms with Crippen LogP contribution in [0.3, 0.4) is 0 Å². The first-order valence-corrected chi connectivity index (χ1v) is 12.4. The van der Waals surface area contributed by atoms with Gasteiger partial charge in [0, 0.05) is 0 Å². The molecule has 0 N–H and O–H groups in total. The van der Waals surface area contributed by atoms with Crippen LogP contribution in [-0.4, -0.2) is 50.3 Å². The van der Waals surface area contributed by atoms with Crippen molar-refractivity contribution in [2.45, 2.75) is 53.4 Å². The van der Waals surface area contributed by atoms with Crippen LogP contribution >= 0.6 is 0 Å². The van der Waals surface area contributed by atoms with Gasteiger partial charge in [0.05, 0.1) is 48.7 Å². The summed E-state index contributed by atoms with van der Waals surface area (Å²) in [6.45, 7) is 7.42. The van der Waals surface area contributed by atoms with Crippen molar-refractivity contribution in [2.24, 2.45) is 0 Å². The van der Waals surface area contributed by atoms with Crippen LogP contribution in [0.4, 0.5) is 0 Å². The Morgan fingerprint density at radius 2 is 0.667 bits per heavy atom. The predicted molar refractivity (Wildman–Crippen MR) is 132 cm³/mol. The molecule has 8 heteroatoms. The van der Waals surface area contributed by atoms with Crippen molar-refractivity contribution in [2.75, 3.05) is 26.4 Å². The van der Waals surface area contributed by atoms with E-state index in [9.17, 15) is 19.2 Å². The van der Waals surface area contributed by atoms with Crippen molar-refractivity contribution < 1.29 is 38.1 Å². The van der Waals surface area contributed by atoms with Crippen molar-refractivity contribution in [1.82, 2.24) is 0 Å². The normalized spacial score (nSPS) is 12.3. The quantitative estimate of drug-likeness (QED) is 0.394. The van der Waals surface area contributed by atoms with Crippen LogP contribution < -0.4 is 0 Å². The lowest BCUT2D eigenvalue weighted by molar-refractivity contribution is 0.0475. The van der Waals surface area contributed by atoms with E-state index in [4.69, 9.17) is 18.9 Å². The van der Waals surface area contributed by atoms with Gasteiger partial charge in [0.25, 0.3) is 0 Å². The van der Waals surface area contributed by atoms with E-state index in [-0.39, 0.29) is 48.7 Å². The van der Waals surface area contributed by atoms with Crippen molar-refractivity contribution >= 4 is 23.9 Å². The van der Waals surface area contributed by atoms with Gasteiger partial charge < -0.3 is 18.9 Å². The molecule has 0 spiro atoms. The average molecular weight is 497 g/mol. The summed E-state index contributed by atoms with van der Waals surface area (Å²) >= 11 is 0. The van der Waals surface area contributed by atoms with Gasteiger partial charge in [-0.15, -0.1) is 0 Å². The molecule has 0 radical (unpaired) electrons. The van der Waals surface area contributed by atoms with Gasteiger partial charge in [-0.3, -0.25) is 0 Å². The topological polar surface area (TPSA) is 105 Å². The van der Waals surface area contributed by atoms with Gasteiger partial charge in [-0.25, -0.2) is 19.2 Å². The third kappa shape index (κ3) is 5.58. The van der Waals surface area contributed by atoms with Crippen molar-refractivity contribution in [3.05, 3.63) is 68.8 Å². The highest BCUT2D eigenvalue weighted by Crippen LogP contribution is 2.30. The van der Waals surface area contributed by atoms with Gasteiger partial charge in [0.15, 0.2) is 0 Å². The van der Waals surface area contributed by atoms with E-state index in [0.29, 0.717) is 47.9 Å². The SMILES string of the molecule is CCOC(=O)c1c2ccc(c1C(=O)OCC)CCc1ccc(c(C(=O)OCC)c1C(=O)OCC)CC2. The van der Waals surface area contributed by atoms with Crippen LogP contribution in [0.2, 0.25) is 0 Å². The first kappa shape index (κ1) is 26.9. The number of carbonyl (C=O) groups excluding carboxylic acids is 4. The van der Waals surface area contributed by atoms with Crippen LogP contribution in [0.15, 0.2) is 24.3 Å². The second kappa shape index (κ2) is 12.3. The molecule has 0 fully saturated rings. The Kier molecular flexibility index (Phi) is 9.22. The first-order valence-electron chi connectivity index (χ1n) is 12.4. The van der Waals surface area contributed by atoms with Crippen LogP contribution in [0.25, 0.3) is 0 Å². The zero-order valence-electron chi connectivity index (χ0n) is 21.2. The monoisotopic (exact) mass is 496 g/mol. The molecule has 4 aliphatic carbocycles. The Bertz CT molecular complexity index is 983. The summed E-state index contributed by atoms with van der Waals surface area (Å²) in [4.78, 5) is 52.1. The fraction of sp³-hybridized carbons (Fsp3) is 0.429. The van der Waals surface area contributed by atoms with Crippen molar-refractivity contribution in [3.8, 4) is 0 Å². The zero-order valence-corrected chi connectivity index (χ0v) is 21.2. The maximum atomic E-state index is 13.0. The molecule has 0 saturated carbocycles. The highest BCUT2D eigenvalue weighted by atomic mass is 16.5. The lowest BCUT2D eigenvalue weighted by Gasteiger charge is -2.21. The molecule has 0 aromatic heterocycles. The molecular weight excluding hydrogens is 464 g/mol. The second-order valence-electron chi connectivity index (χ2n) is 8.15. The molecule has 0 atom stereocenters. The number of carbonyl (C=O) groups is 4. The molecule has 0 unspecified atom stereocenters. The van der Waals surface area contributed by atoms with E-state index in [1.165, 1.54) is 0 Å². The minimum absolute atomic E-state index is 0.154. The Balaban J connectivity index is 2.24. The Morgan fingerprint density at radius 1 is 0.472 bits per heavy atom. The minimum atomic E-state index is -0.596. The molecule has 2 aromatic rings. The molecule has 0 aliphatic heterocycles. The van der Waals surface area contributed by atoms with Gasteiger partial charge in [-0.1, -0.05) is 24.3 Å². The molecule has 0 heterocycles. The number of hydrogen-bond acceptors (Lipinski definition) is 8. The summed E-state index contributed by atoms with van der Waals surface area (Å²) < 4.78 is 21.2. The highest BCUT2D eigenvalue weighted by Gasteiger charge is 2.30. The first-order chi connectivity index (χ1) is 17.4. The van der Waals surface area contributed by atoms with Crippen molar-refractivity contribution in [3.63, 3.8) is 0 Å². The van der Waals surface area contributed by atoms with Crippen LogP contribution in [0.1, 0.15) is 91.4 Å². The summed E-state index contributed by atoms with van der Waals surface area (Å²) in [6.07, 6.45) is 1.26. The molecule has 8 nitrogen and oxygen atoms in total. The predicted octanol–water partition coefficient (Wildman–Crippen LogP) is 4.28. The Labute approximate surface area is 210 Å². The highest BCUT2D eigenvalue weighted by molar-refractivity contribution is 6.06. The molecule has 0 amide bonds. The summed E-state index contributed by atoms with van der Waals surface area (Å²) in [5.74, 6) is -2.38. The van der Waals surface area contributed by atoms with Gasteiger partial charge in [0.1, 0.15) is 0 Å². The lowest BCUT2D eigenvalue weighted by atomic mass is 9.85. The smallest absolute Gasteiger partial charge is 0.339 e. The number of hydrogen-bond donors (Lipinski definition) is 0. The number of aryl methyl sites for hydroxylation is 4. The van der Waals surface area contributed by atoms with Gasteiger partial charge in [-0.2, -0.15) is 0 Å². The summed E-state index contributed by atoms with van der Waals surface area (Å²) in [5.41, 5.74) is 3.12. The van der Waals surface area contributed by atoms with Gasteiger partial charge in [-0.05, 0) is 75.6 Å². The van der Waals surface area contributed by atoms with Crippen LogP contribution in [0.5, 0.6) is 0 Å². The Morgan fingerprint density at radius 3 is 0.833 bits per heavy atom. The lowest BCUT2D eigenvalue weighted by Crippen LogP contribution is -2.22.